The summed E-state index contributed by atoms with van der Waals surface area (Å²) < 4.78 is 0. The first-order chi connectivity index (χ1) is 9.24. The predicted molar refractivity (Wildman–Crippen MR) is 77.5 cm³/mol. The van der Waals surface area contributed by atoms with Gasteiger partial charge < -0.3 is 10.0 Å². The number of nitrogens with zero attached hydrogens (tertiary/aromatic N) is 3. The highest BCUT2D eigenvalue weighted by atomic mass is 35.5. The molecule has 0 saturated heterocycles. The molecule has 19 heavy (non-hydrogen) atoms. The van der Waals surface area contributed by atoms with Crippen LogP contribution in [0.5, 0.6) is 0 Å². The fourth-order valence-corrected chi connectivity index (χ4v) is 2.02. The summed E-state index contributed by atoms with van der Waals surface area (Å²) in [6.45, 7) is 3.37. The molecular formula is C14H16ClN3O. The summed E-state index contributed by atoms with van der Waals surface area (Å²) in [6.07, 6.45) is 0. The molecule has 100 valence electrons. The average Bonchev–Trinajstić information content (AvgIpc) is 2.45. The van der Waals surface area contributed by atoms with Gasteiger partial charge in [-0.15, -0.1) is 0 Å². The summed E-state index contributed by atoms with van der Waals surface area (Å²) in [5.41, 5.74) is 0.923. The molecule has 0 radical (unpaired) electrons. The first-order valence-corrected chi connectivity index (χ1v) is 6.58. The van der Waals surface area contributed by atoms with Gasteiger partial charge in [0, 0.05) is 24.7 Å². The molecule has 5 heteroatoms. The van der Waals surface area contributed by atoms with E-state index in [0.29, 0.717) is 17.5 Å². The van der Waals surface area contributed by atoms with E-state index in [-0.39, 0.29) is 6.61 Å². The zero-order valence-electron chi connectivity index (χ0n) is 10.8. The van der Waals surface area contributed by atoms with E-state index in [1.54, 1.807) is 6.07 Å². The number of aliphatic hydroxyl groups is 1. The molecule has 0 amide bonds. The van der Waals surface area contributed by atoms with Crippen LogP contribution in [0.15, 0.2) is 36.4 Å². The van der Waals surface area contributed by atoms with Crippen molar-refractivity contribution in [1.82, 2.24) is 9.97 Å². The maximum Gasteiger partial charge on any atom is 0.163 e. The lowest BCUT2D eigenvalue weighted by molar-refractivity contribution is 0.302. The van der Waals surface area contributed by atoms with E-state index in [9.17, 15) is 0 Å². The molecule has 0 spiro atoms. The number of anilines is 1. The molecule has 0 aliphatic rings. The third-order valence-electron chi connectivity index (χ3n) is 2.79. The molecule has 0 fully saturated rings. The number of hydrogen-bond acceptors (Lipinski definition) is 4. The van der Waals surface area contributed by atoms with E-state index < -0.39 is 0 Å². The molecular weight excluding hydrogens is 262 g/mol. The molecule has 0 aliphatic carbocycles. The minimum absolute atomic E-state index is 0.0795. The lowest BCUT2D eigenvalue weighted by atomic mass is 10.2. The molecule has 1 aromatic heterocycles. The largest absolute Gasteiger partial charge is 0.395 e. The molecule has 2 rings (SSSR count). The zero-order chi connectivity index (χ0) is 13.7. The van der Waals surface area contributed by atoms with Crippen molar-refractivity contribution in [3.63, 3.8) is 0 Å². The van der Waals surface area contributed by atoms with E-state index in [2.05, 4.69) is 9.97 Å². The number of likely N-dealkylation sites (N-methyl/N-ethyl adjacent to an activating group) is 1. The highest BCUT2D eigenvalue weighted by Gasteiger charge is 2.10. The van der Waals surface area contributed by atoms with Crippen LogP contribution in [0.3, 0.4) is 0 Å². The van der Waals surface area contributed by atoms with Gasteiger partial charge in [0.05, 0.1) is 6.61 Å². The topological polar surface area (TPSA) is 49.2 Å². The maximum atomic E-state index is 9.07. The van der Waals surface area contributed by atoms with Gasteiger partial charge in [-0.05, 0) is 6.92 Å². The van der Waals surface area contributed by atoms with E-state index in [0.717, 1.165) is 17.9 Å². The standard InChI is InChI=1S/C14H16ClN3O/c1-2-18(8-9-19)13-10-12(15)16-14(17-13)11-6-4-3-5-7-11/h3-7,10,19H,2,8-9H2,1H3. The third kappa shape index (κ3) is 3.43. The van der Waals surface area contributed by atoms with Crippen molar-refractivity contribution in [3.05, 3.63) is 41.6 Å². The van der Waals surface area contributed by atoms with Gasteiger partial charge in [-0.1, -0.05) is 41.9 Å². The van der Waals surface area contributed by atoms with Crippen molar-refractivity contribution in [2.45, 2.75) is 6.92 Å². The van der Waals surface area contributed by atoms with E-state index in [4.69, 9.17) is 16.7 Å². The molecule has 0 bridgehead atoms. The smallest absolute Gasteiger partial charge is 0.163 e. The summed E-state index contributed by atoms with van der Waals surface area (Å²) in [7, 11) is 0. The molecule has 0 saturated carbocycles. The Bertz CT molecular complexity index is 533. The molecule has 1 aromatic carbocycles. The Kier molecular flexibility index (Phi) is 4.71. The first-order valence-electron chi connectivity index (χ1n) is 6.20. The number of aromatic nitrogens is 2. The second-order valence-corrected chi connectivity index (χ2v) is 4.43. The number of aliphatic hydroxyl groups excluding tert-OH is 1. The van der Waals surface area contributed by atoms with Gasteiger partial charge in [-0.3, -0.25) is 0 Å². The highest BCUT2D eigenvalue weighted by Crippen LogP contribution is 2.22. The Morgan fingerprint density at radius 2 is 1.95 bits per heavy atom. The van der Waals surface area contributed by atoms with Gasteiger partial charge in [0.15, 0.2) is 5.82 Å². The minimum atomic E-state index is 0.0795. The van der Waals surface area contributed by atoms with Gasteiger partial charge in [0.25, 0.3) is 0 Å². The van der Waals surface area contributed by atoms with E-state index in [1.165, 1.54) is 0 Å². The van der Waals surface area contributed by atoms with Crippen molar-refractivity contribution in [3.8, 4) is 11.4 Å². The fraction of sp³-hybridized carbons (Fsp3) is 0.286. The second kappa shape index (κ2) is 6.50. The van der Waals surface area contributed by atoms with Crippen LogP contribution in [0.4, 0.5) is 5.82 Å². The minimum Gasteiger partial charge on any atom is -0.395 e. The average molecular weight is 278 g/mol. The maximum absolute atomic E-state index is 9.07. The van der Waals surface area contributed by atoms with Crippen molar-refractivity contribution in [1.29, 1.82) is 0 Å². The van der Waals surface area contributed by atoms with Crippen LogP contribution >= 0.6 is 11.6 Å². The zero-order valence-corrected chi connectivity index (χ0v) is 11.5. The van der Waals surface area contributed by atoms with Crippen molar-refractivity contribution >= 4 is 17.4 Å². The van der Waals surface area contributed by atoms with Crippen LogP contribution in [-0.4, -0.2) is 34.8 Å². The molecule has 0 unspecified atom stereocenters. The van der Waals surface area contributed by atoms with Crippen LogP contribution < -0.4 is 4.90 Å². The fourth-order valence-electron chi connectivity index (χ4n) is 1.84. The van der Waals surface area contributed by atoms with Crippen molar-refractivity contribution < 1.29 is 5.11 Å². The predicted octanol–water partition coefficient (Wildman–Crippen LogP) is 2.62. The second-order valence-electron chi connectivity index (χ2n) is 4.04. The van der Waals surface area contributed by atoms with Crippen LogP contribution in [-0.2, 0) is 0 Å². The normalized spacial score (nSPS) is 10.5. The highest BCUT2D eigenvalue weighted by molar-refractivity contribution is 6.29. The molecule has 0 aliphatic heterocycles. The summed E-state index contributed by atoms with van der Waals surface area (Å²) in [5.74, 6) is 1.33. The van der Waals surface area contributed by atoms with E-state index >= 15 is 0 Å². The van der Waals surface area contributed by atoms with Crippen molar-refractivity contribution in [2.24, 2.45) is 0 Å². The van der Waals surface area contributed by atoms with Gasteiger partial charge in [0.1, 0.15) is 11.0 Å². The van der Waals surface area contributed by atoms with Gasteiger partial charge in [-0.25, -0.2) is 9.97 Å². The Labute approximate surface area is 117 Å². The quantitative estimate of drug-likeness (QED) is 0.854. The number of rotatable bonds is 5. The Hall–Kier alpha value is -1.65. The summed E-state index contributed by atoms with van der Waals surface area (Å²) >= 11 is 6.06. The Balaban J connectivity index is 2.39. The Morgan fingerprint density at radius 3 is 2.58 bits per heavy atom. The van der Waals surface area contributed by atoms with E-state index in [1.807, 2.05) is 42.2 Å². The summed E-state index contributed by atoms with van der Waals surface area (Å²) in [6, 6.07) is 11.4. The summed E-state index contributed by atoms with van der Waals surface area (Å²) in [4.78, 5) is 10.7. The number of hydrogen-bond donors (Lipinski definition) is 1. The monoisotopic (exact) mass is 277 g/mol. The van der Waals surface area contributed by atoms with Crippen LogP contribution in [0.1, 0.15) is 6.92 Å². The van der Waals surface area contributed by atoms with Gasteiger partial charge >= 0.3 is 0 Å². The molecule has 0 atom stereocenters. The molecule has 1 N–H and O–H groups in total. The molecule has 4 nitrogen and oxygen atoms in total. The third-order valence-corrected chi connectivity index (χ3v) is 2.98. The lowest BCUT2D eigenvalue weighted by Gasteiger charge is -2.21. The lowest BCUT2D eigenvalue weighted by Crippen LogP contribution is -2.27. The van der Waals surface area contributed by atoms with Gasteiger partial charge in [0.2, 0.25) is 0 Å². The first kappa shape index (κ1) is 13.8. The molecule has 1 heterocycles. The van der Waals surface area contributed by atoms with Crippen LogP contribution in [0.2, 0.25) is 5.15 Å². The number of benzene rings is 1. The summed E-state index contributed by atoms with van der Waals surface area (Å²) in [5, 5.41) is 9.47. The molecule has 2 aromatic rings. The SMILES string of the molecule is CCN(CCO)c1cc(Cl)nc(-c2ccccc2)n1. The number of halogens is 1. The van der Waals surface area contributed by atoms with Crippen molar-refractivity contribution in [2.75, 3.05) is 24.6 Å². The van der Waals surface area contributed by atoms with Gasteiger partial charge in [-0.2, -0.15) is 0 Å². The van der Waals surface area contributed by atoms with Crippen LogP contribution in [0.25, 0.3) is 11.4 Å². The Morgan fingerprint density at radius 1 is 1.21 bits per heavy atom. The van der Waals surface area contributed by atoms with Crippen LogP contribution in [0, 0.1) is 0 Å².